The molecule has 0 unspecified atom stereocenters. The van der Waals surface area contributed by atoms with Gasteiger partial charge in [0.2, 0.25) is 5.88 Å². The Hall–Kier alpha value is -5.68. The van der Waals surface area contributed by atoms with Crippen molar-refractivity contribution in [2.45, 2.75) is 52.4 Å². The Balaban J connectivity index is 1.27. The highest BCUT2D eigenvalue weighted by Crippen LogP contribution is 2.46. The average molecular weight is 640 g/mol. The molecule has 0 bridgehead atoms. The van der Waals surface area contributed by atoms with E-state index in [-0.39, 0.29) is 10.8 Å². The number of hydrogen-bond donors (Lipinski definition) is 0. The Morgan fingerprint density at radius 2 is 1.43 bits per heavy atom. The molecule has 5 heteroatoms. The number of aromatic nitrogens is 3. The maximum atomic E-state index is 6.80. The molecule has 9 rings (SSSR count). The maximum absolute atomic E-state index is 6.80. The van der Waals surface area contributed by atoms with Gasteiger partial charge in [0.15, 0.2) is 11.3 Å². The molecule has 240 valence electrons. The number of ether oxygens (including phenoxy) is 1. The summed E-state index contributed by atoms with van der Waals surface area (Å²) in [5.41, 5.74) is 8.93. The highest BCUT2D eigenvalue weighted by atomic mass is 16.5. The van der Waals surface area contributed by atoms with Crippen LogP contribution in [0.5, 0.6) is 11.6 Å². The van der Waals surface area contributed by atoms with E-state index in [1.807, 2.05) is 24.4 Å². The molecule has 0 aliphatic carbocycles. The standard InChI is InChI=1S/C44H37N3O2/c1-43(2,3)27-12-10-13-29(23-27)47-35-15-8-7-14-30(35)32-19-20-38(46-42(32)47)48-37-25-33(34-24-28(21-22-45-34)44(4,5)6)31-18-17-26-11-9-16-36-39(26)40(31)41(37)49-36/h7-25H,1-6H3. The molecule has 0 atom stereocenters. The van der Waals surface area contributed by atoms with E-state index >= 15 is 0 Å². The lowest BCUT2D eigenvalue weighted by molar-refractivity contribution is 0.460. The number of furan rings is 1. The highest BCUT2D eigenvalue weighted by Gasteiger charge is 2.24. The zero-order valence-corrected chi connectivity index (χ0v) is 28.6. The van der Waals surface area contributed by atoms with Crippen molar-refractivity contribution >= 4 is 54.6 Å². The van der Waals surface area contributed by atoms with Crippen molar-refractivity contribution < 1.29 is 9.15 Å². The minimum atomic E-state index is -0.0200. The van der Waals surface area contributed by atoms with Gasteiger partial charge in [-0.25, -0.2) is 0 Å². The van der Waals surface area contributed by atoms with Gasteiger partial charge in [0.25, 0.3) is 0 Å². The van der Waals surface area contributed by atoms with Crippen molar-refractivity contribution in [3.8, 4) is 28.6 Å². The van der Waals surface area contributed by atoms with Crippen molar-refractivity contribution in [1.82, 2.24) is 14.5 Å². The summed E-state index contributed by atoms with van der Waals surface area (Å²) in [4.78, 5) is 10.1. The molecule has 0 aliphatic rings. The molecule has 9 aromatic rings. The third-order valence-corrected chi connectivity index (χ3v) is 9.82. The van der Waals surface area contributed by atoms with E-state index in [0.717, 1.165) is 66.0 Å². The molecular weight excluding hydrogens is 603 g/mol. The van der Waals surface area contributed by atoms with Crippen molar-refractivity contribution in [2.75, 3.05) is 0 Å². The summed E-state index contributed by atoms with van der Waals surface area (Å²) in [5, 5.41) is 6.57. The topological polar surface area (TPSA) is 53.1 Å². The molecule has 0 saturated carbocycles. The SMILES string of the molecule is CC(C)(C)c1cccc(-n2c3ccccc3c3ccc(Oc4cc(-c5cc(C(C)(C)C)ccn5)c5ccc6cccc7oc4c5c67)nc32)c1. The smallest absolute Gasteiger partial charge is 0.221 e. The molecule has 0 spiro atoms. The summed E-state index contributed by atoms with van der Waals surface area (Å²) in [6.07, 6.45) is 1.90. The highest BCUT2D eigenvalue weighted by molar-refractivity contribution is 6.25. The van der Waals surface area contributed by atoms with E-state index in [1.54, 1.807) is 0 Å². The molecule has 0 aliphatic heterocycles. The first kappa shape index (κ1) is 29.5. The van der Waals surface area contributed by atoms with E-state index in [0.29, 0.717) is 17.2 Å². The number of pyridine rings is 2. The van der Waals surface area contributed by atoms with Gasteiger partial charge >= 0.3 is 0 Å². The van der Waals surface area contributed by atoms with Crippen LogP contribution in [0.1, 0.15) is 52.7 Å². The summed E-state index contributed by atoms with van der Waals surface area (Å²) in [6, 6.07) is 38.2. The first-order valence-corrected chi connectivity index (χ1v) is 16.9. The van der Waals surface area contributed by atoms with Crippen molar-refractivity contribution in [1.29, 1.82) is 0 Å². The Kier molecular flexibility index (Phi) is 6.26. The van der Waals surface area contributed by atoms with Crippen LogP contribution in [0.3, 0.4) is 0 Å². The Bertz CT molecular complexity index is 2720. The van der Waals surface area contributed by atoms with Crippen molar-refractivity contribution in [2.24, 2.45) is 0 Å². The Morgan fingerprint density at radius 1 is 0.653 bits per heavy atom. The van der Waals surface area contributed by atoms with Crippen LogP contribution in [0.2, 0.25) is 0 Å². The van der Waals surface area contributed by atoms with Crippen molar-refractivity contribution in [3.63, 3.8) is 0 Å². The maximum Gasteiger partial charge on any atom is 0.221 e. The number of hydrogen-bond acceptors (Lipinski definition) is 4. The fourth-order valence-electron chi connectivity index (χ4n) is 7.20. The fraction of sp³-hybridized carbons (Fsp3) is 0.182. The Morgan fingerprint density at radius 3 is 2.27 bits per heavy atom. The second kappa shape index (κ2) is 10.4. The quantitative estimate of drug-likeness (QED) is 0.180. The lowest BCUT2D eigenvalue weighted by Gasteiger charge is -2.20. The summed E-state index contributed by atoms with van der Waals surface area (Å²) in [7, 11) is 0. The molecule has 0 radical (unpaired) electrons. The monoisotopic (exact) mass is 639 g/mol. The molecule has 4 aromatic heterocycles. The largest absolute Gasteiger partial charge is 0.452 e. The van der Waals surface area contributed by atoms with Crippen LogP contribution in [0.15, 0.2) is 120 Å². The third kappa shape index (κ3) is 4.67. The van der Waals surface area contributed by atoms with Gasteiger partial charge in [-0.05, 0) is 81.3 Å². The van der Waals surface area contributed by atoms with Gasteiger partial charge < -0.3 is 9.15 Å². The normalized spacial score (nSPS) is 12.7. The zero-order chi connectivity index (χ0) is 33.7. The zero-order valence-electron chi connectivity index (χ0n) is 28.6. The van der Waals surface area contributed by atoms with Crippen molar-refractivity contribution in [3.05, 3.63) is 127 Å². The molecule has 0 saturated heterocycles. The third-order valence-electron chi connectivity index (χ3n) is 9.82. The average Bonchev–Trinajstić information content (AvgIpc) is 3.64. The lowest BCUT2D eigenvalue weighted by atomic mass is 9.86. The predicted octanol–water partition coefficient (Wildman–Crippen LogP) is 12.1. The number of para-hydroxylation sites is 1. The van der Waals surface area contributed by atoms with Crippen LogP contribution in [0, 0.1) is 0 Å². The van der Waals surface area contributed by atoms with Crippen LogP contribution < -0.4 is 4.74 Å². The summed E-state index contributed by atoms with van der Waals surface area (Å²) < 4.78 is 15.6. The fourth-order valence-corrected chi connectivity index (χ4v) is 7.20. The van der Waals surface area contributed by atoms with Gasteiger partial charge in [0.1, 0.15) is 11.2 Å². The van der Waals surface area contributed by atoms with Gasteiger partial charge in [-0.3, -0.25) is 9.55 Å². The first-order valence-electron chi connectivity index (χ1n) is 16.9. The predicted molar refractivity (Wildman–Crippen MR) is 202 cm³/mol. The van der Waals surface area contributed by atoms with E-state index < -0.39 is 0 Å². The van der Waals surface area contributed by atoms with Gasteiger partial charge in [0.05, 0.1) is 11.2 Å². The van der Waals surface area contributed by atoms with Crippen LogP contribution >= 0.6 is 0 Å². The van der Waals surface area contributed by atoms with Crippen LogP contribution in [-0.4, -0.2) is 14.5 Å². The first-order chi connectivity index (χ1) is 23.5. The molecular formula is C44H37N3O2. The van der Waals surface area contributed by atoms with Gasteiger partial charge in [-0.1, -0.05) is 96.1 Å². The summed E-state index contributed by atoms with van der Waals surface area (Å²) in [6.45, 7) is 13.4. The van der Waals surface area contributed by atoms with E-state index in [1.165, 1.54) is 11.1 Å². The summed E-state index contributed by atoms with van der Waals surface area (Å²) >= 11 is 0. The molecule has 49 heavy (non-hydrogen) atoms. The second-order valence-electron chi connectivity index (χ2n) is 15.2. The van der Waals surface area contributed by atoms with E-state index in [2.05, 4.69) is 137 Å². The molecule has 4 heterocycles. The van der Waals surface area contributed by atoms with Crippen LogP contribution in [0.25, 0.3) is 71.6 Å². The van der Waals surface area contributed by atoms with E-state index in [4.69, 9.17) is 19.1 Å². The van der Waals surface area contributed by atoms with E-state index in [9.17, 15) is 0 Å². The second-order valence-corrected chi connectivity index (χ2v) is 15.2. The molecule has 0 amide bonds. The molecule has 0 N–H and O–H groups in total. The number of benzene rings is 5. The minimum Gasteiger partial charge on any atom is -0.452 e. The number of nitrogens with zero attached hydrogens (tertiary/aromatic N) is 3. The molecule has 5 nitrogen and oxygen atoms in total. The number of rotatable bonds is 4. The molecule has 0 fully saturated rings. The summed E-state index contributed by atoms with van der Waals surface area (Å²) in [5.74, 6) is 1.10. The molecule has 5 aromatic carbocycles. The Labute approximate surface area is 285 Å². The minimum absolute atomic E-state index is 0.0111. The van der Waals surface area contributed by atoms with Gasteiger partial charge in [-0.15, -0.1) is 0 Å². The van der Waals surface area contributed by atoms with Gasteiger partial charge in [-0.2, -0.15) is 4.98 Å². The lowest BCUT2D eigenvalue weighted by Crippen LogP contribution is -2.11. The van der Waals surface area contributed by atoms with Gasteiger partial charge in [0, 0.05) is 45.1 Å². The van der Waals surface area contributed by atoms with Crippen LogP contribution in [0.4, 0.5) is 0 Å². The number of fused-ring (bicyclic) bond motifs is 3. The van der Waals surface area contributed by atoms with Crippen LogP contribution in [-0.2, 0) is 10.8 Å².